The zero-order valence-electron chi connectivity index (χ0n) is 16.4. The van der Waals surface area contributed by atoms with Crippen LogP contribution in [-0.2, 0) is 9.47 Å². The Hall–Kier alpha value is -1.38. The van der Waals surface area contributed by atoms with Crippen LogP contribution in [0.3, 0.4) is 0 Å². The Balaban J connectivity index is 6.65. The van der Waals surface area contributed by atoms with Gasteiger partial charge in [-0.3, -0.25) is 0 Å². The van der Waals surface area contributed by atoms with Crippen LogP contribution in [-0.4, -0.2) is 73.2 Å². The van der Waals surface area contributed by atoms with Crippen LogP contribution in [0.25, 0.3) is 0 Å². The second-order valence-electron chi connectivity index (χ2n) is 6.94. The molecular formula is C14H12F18O3. The summed E-state index contributed by atoms with van der Waals surface area (Å²) in [5.41, 5.74) is -17.7. The SMILES string of the molecule is CCC(CO)(COC(C(F)(F)F)(C(F)(F)F)C(F)(F)F)COC(C(F)(F)F)(C(F)(F)F)C(F)(F)F. The van der Waals surface area contributed by atoms with Crippen LogP contribution < -0.4 is 0 Å². The van der Waals surface area contributed by atoms with Crippen molar-refractivity contribution in [1.29, 1.82) is 0 Å². The quantitative estimate of drug-likeness (QED) is 0.351. The maximum atomic E-state index is 12.9. The highest BCUT2D eigenvalue weighted by molar-refractivity contribution is 5.04. The van der Waals surface area contributed by atoms with Crippen LogP contribution >= 0.6 is 0 Å². The highest BCUT2D eigenvalue weighted by Crippen LogP contribution is 2.57. The summed E-state index contributed by atoms with van der Waals surface area (Å²) in [5.74, 6) is 0. The van der Waals surface area contributed by atoms with Crippen molar-refractivity contribution in [3.8, 4) is 0 Å². The molecule has 0 unspecified atom stereocenters. The number of ether oxygens (including phenoxy) is 2. The van der Waals surface area contributed by atoms with Crippen molar-refractivity contribution in [2.24, 2.45) is 5.41 Å². The van der Waals surface area contributed by atoms with Crippen LogP contribution in [0.5, 0.6) is 0 Å². The van der Waals surface area contributed by atoms with Crippen molar-refractivity contribution in [2.45, 2.75) is 61.6 Å². The summed E-state index contributed by atoms with van der Waals surface area (Å²) in [6.45, 7) is -7.31. The molecule has 3 nitrogen and oxygen atoms in total. The molecular weight excluding hydrogens is 558 g/mol. The first-order chi connectivity index (χ1) is 15.0. The Morgan fingerprint density at radius 1 is 0.457 bits per heavy atom. The van der Waals surface area contributed by atoms with Crippen molar-refractivity contribution >= 4 is 0 Å². The van der Waals surface area contributed by atoms with E-state index in [1.165, 1.54) is 0 Å². The van der Waals surface area contributed by atoms with Crippen LogP contribution in [0.1, 0.15) is 13.3 Å². The molecule has 0 aliphatic heterocycles. The molecule has 0 radical (unpaired) electrons. The van der Waals surface area contributed by atoms with Crippen LogP contribution in [0.15, 0.2) is 0 Å². The molecule has 0 amide bonds. The van der Waals surface area contributed by atoms with Gasteiger partial charge < -0.3 is 14.6 Å². The van der Waals surface area contributed by atoms with Gasteiger partial charge in [0.05, 0.1) is 19.8 Å². The number of hydrogen-bond donors (Lipinski definition) is 1. The maximum Gasteiger partial charge on any atom is 0.435 e. The van der Waals surface area contributed by atoms with E-state index in [4.69, 9.17) is 5.11 Å². The van der Waals surface area contributed by atoms with Gasteiger partial charge in [0.25, 0.3) is 0 Å². The summed E-state index contributed by atoms with van der Waals surface area (Å²) in [7, 11) is 0. The monoisotopic (exact) mass is 570 g/mol. The average molecular weight is 570 g/mol. The first-order valence-corrected chi connectivity index (χ1v) is 8.32. The average Bonchev–Trinajstić information content (AvgIpc) is 2.53. The molecule has 0 aromatic heterocycles. The number of hydrogen-bond acceptors (Lipinski definition) is 3. The van der Waals surface area contributed by atoms with Gasteiger partial charge in [-0.05, 0) is 6.42 Å². The minimum atomic E-state index is -7.40. The van der Waals surface area contributed by atoms with Gasteiger partial charge in [-0.25, -0.2) is 0 Å². The van der Waals surface area contributed by atoms with Crippen LogP contribution in [0.4, 0.5) is 79.0 Å². The molecule has 1 N–H and O–H groups in total. The minimum absolute atomic E-state index is 0.468. The molecule has 0 aromatic rings. The molecule has 0 aliphatic rings. The third-order valence-electron chi connectivity index (χ3n) is 4.67. The first kappa shape index (κ1) is 33.6. The topological polar surface area (TPSA) is 38.7 Å². The summed E-state index contributed by atoms with van der Waals surface area (Å²) in [6, 6.07) is 0. The van der Waals surface area contributed by atoms with E-state index in [0.717, 1.165) is 0 Å². The molecule has 212 valence electrons. The highest BCUT2D eigenvalue weighted by Gasteiger charge is 2.87. The normalized spacial score (nSPS) is 16.1. The lowest BCUT2D eigenvalue weighted by Crippen LogP contribution is -2.69. The molecule has 0 rings (SSSR count). The van der Waals surface area contributed by atoms with Crippen molar-refractivity contribution in [2.75, 3.05) is 19.8 Å². The molecule has 0 aromatic carbocycles. The van der Waals surface area contributed by atoms with Gasteiger partial charge in [-0.15, -0.1) is 0 Å². The number of alkyl halides is 18. The predicted molar refractivity (Wildman–Crippen MR) is 73.5 cm³/mol. The number of aliphatic hydroxyl groups is 1. The molecule has 0 aliphatic carbocycles. The van der Waals surface area contributed by atoms with Crippen molar-refractivity contribution < 1.29 is 93.6 Å². The minimum Gasteiger partial charge on any atom is -0.396 e. The molecule has 0 saturated heterocycles. The fraction of sp³-hybridized carbons (Fsp3) is 1.00. The van der Waals surface area contributed by atoms with Gasteiger partial charge >= 0.3 is 48.3 Å². The van der Waals surface area contributed by atoms with E-state index in [2.05, 4.69) is 9.47 Å². The van der Waals surface area contributed by atoms with Gasteiger partial charge in [-0.1, -0.05) is 6.92 Å². The number of aliphatic hydroxyl groups excluding tert-OH is 1. The summed E-state index contributed by atoms with van der Waals surface area (Å²) >= 11 is 0. The summed E-state index contributed by atoms with van der Waals surface area (Å²) in [4.78, 5) is 0. The lowest BCUT2D eigenvalue weighted by atomic mass is 9.86. The summed E-state index contributed by atoms with van der Waals surface area (Å²) < 4.78 is 238. The smallest absolute Gasteiger partial charge is 0.396 e. The Labute approximate surface area is 181 Å². The van der Waals surface area contributed by atoms with Gasteiger partial charge in [0.2, 0.25) is 0 Å². The second kappa shape index (κ2) is 9.49. The number of halogens is 18. The van der Waals surface area contributed by atoms with Gasteiger partial charge in [-0.2, -0.15) is 79.0 Å². The standard InChI is InChI=1S/C14H12F18O3/c1-2-6(3-33,4-34-7(9(15,16)17,10(18,19)20)11(21,22)23)5-35-8(12(24,25)26,13(27,28)29)14(30,31)32/h33H,2-5H2,1H3. The van der Waals surface area contributed by atoms with E-state index < -0.39 is 79.9 Å². The Bertz CT molecular complexity index is 560. The third-order valence-corrected chi connectivity index (χ3v) is 4.67. The largest absolute Gasteiger partial charge is 0.435 e. The lowest BCUT2D eigenvalue weighted by Gasteiger charge is -2.43. The van der Waals surface area contributed by atoms with Crippen LogP contribution in [0, 0.1) is 5.41 Å². The Kier molecular flexibility index (Phi) is 9.12. The molecule has 0 bridgehead atoms. The lowest BCUT2D eigenvalue weighted by molar-refractivity contribution is -0.467. The zero-order valence-corrected chi connectivity index (χ0v) is 16.4. The highest BCUT2D eigenvalue weighted by atomic mass is 19.4. The molecule has 0 atom stereocenters. The van der Waals surface area contributed by atoms with E-state index in [1.54, 1.807) is 0 Å². The van der Waals surface area contributed by atoms with Gasteiger partial charge in [0.1, 0.15) is 0 Å². The van der Waals surface area contributed by atoms with E-state index in [-0.39, 0.29) is 0 Å². The predicted octanol–water partition coefficient (Wildman–Crippen LogP) is 6.26. The van der Waals surface area contributed by atoms with Crippen LogP contribution in [0.2, 0.25) is 0 Å². The molecule has 0 spiro atoms. The fourth-order valence-electron chi connectivity index (χ4n) is 2.43. The molecule has 35 heavy (non-hydrogen) atoms. The molecule has 0 saturated carbocycles. The first-order valence-electron chi connectivity index (χ1n) is 8.32. The van der Waals surface area contributed by atoms with E-state index >= 15 is 0 Å². The molecule has 21 heteroatoms. The molecule has 0 fully saturated rings. The third kappa shape index (κ3) is 5.80. The van der Waals surface area contributed by atoms with Crippen molar-refractivity contribution in [3.63, 3.8) is 0 Å². The van der Waals surface area contributed by atoms with Crippen molar-refractivity contribution in [3.05, 3.63) is 0 Å². The van der Waals surface area contributed by atoms with Gasteiger partial charge in [0.15, 0.2) is 0 Å². The number of rotatable bonds is 8. The van der Waals surface area contributed by atoms with E-state index in [0.29, 0.717) is 6.92 Å². The Morgan fingerprint density at radius 2 is 0.657 bits per heavy atom. The second-order valence-corrected chi connectivity index (χ2v) is 6.94. The maximum absolute atomic E-state index is 12.9. The summed E-state index contributed by atoms with van der Waals surface area (Å²) in [5, 5.41) is 9.14. The van der Waals surface area contributed by atoms with Crippen molar-refractivity contribution in [1.82, 2.24) is 0 Å². The Morgan fingerprint density at radius 3 is 0.771 bits per heavy atom. The van der Waals surface area contributed by atoms with E-state index in [9.17, 15) is 79.0 Å². The van der Waals surface area contributed by atoms with Gasteiger partial charge in [0, 0.05) is 5.41 Å². The zero-order chi connectivity index (χ0) is 28.7. The molecule has 0 heterocycles. The summed E-state index contributed by atoms with van der Waals surface area (Å²) in [6.07, 6.45) is -45.8. The van der Waals surface area contributed by atoms with E-state index in [1.807, 2.05) is 0 Å². The fourth-order valence-corrected chi connectivity index (χ4v) is 2.43.